The van der Waals surface area contributed by atoms with Gasteiger partial charge in [0.05, 0.1) is 5.69 Å². The molecule has 0 aliphatic heterocycles. The molecule has 1 aromatic heterocycles. The van der Waals surface area contributed by atoms with Gasteiger partial charge in [-0.05, 0) is 54.8 Å². The minimum atomic E-state index is 0. The number of halogens is 1. The third-order valence-electron chi connectivity index (χ3n) is 4.66. The van der Waals surface area contributed by atoms with Gasteiger partial charge in [0.1, 0.15) is 12.4 Å². The average Bonchev–Trinajstić information content (AvgIpc) is 2.75. The van der Waals surface area contributed by atoms with Gasteiger partial charge in [-0.1, -0.05) is 42.0 Å². The van der Waals surface area contributed by atoms with Gasteiger partial charge in [0.25, 0.3) is 0 Å². The highest BCUT2D eigenvalue weighted by atomic mass is 127. The molecule has 1 heterocycles. The second-order valence-electron chi connectivity index (χ2n) is 6.96. The first-order chi connectivity index (χ1) is 14.1. The first-order valence-corrected chi connectivity index (χ1v) is 9.76. The number of hydrogen-bond acceptors (Lipinski definition) is 3. The lowest BCUT2D eigenvalue weighted by Crippen LogP contribution is -2.36. The summed E-state index contributed by atoms with van der Waals surface area (Å²) in [4.78, 5) is 8.57. The molecule has 0 atom stereocenters. The molecule has 3 aromatic rings. The molecule has 0 bridgehead atoms. The van der Waals surface area contributed by atoms with E-state index in [-0.39, 0.29) is 24.0 Å². The van der Waals surface area contributed by atoms with Gasteiger partial charge < -0.3 is 15.4 Å². The molecule has 0 unspecified atom stereocenters. The summed E-state index contributed by atoms with van der Waals surface area (Å²) in [6.07, 6.45) is 1.77. The normalized spacial score (nSPS) is 10.8. The summed E-state index contributed by atoms with van der Waals surface area (Å²) in [5, 5.41) is 6.73. The summed E-state index contributed by atoms with van der Waals surface area (Å²) in [6, 6.07) is 20.4. The van der Waals surface area contributed by atoms with Gasteiger partial charge in [-0.2, -0.15) is 0 Å². The molecule has 0 fully saturated rings. The van der Waals surface area contributed by atoms with E-state index in [0.717, 1.165) is 29.5 Å². The van der Waals surface area contributed by atoms with Crippen molar-refractivity contribution < 1.29 is 4.74 Å². The number of nitrogens with zero attached hydrogens (tertiary/aromatic N) is 2. The Labute approximate surface area is 196 Å². The molecule has 30 heavy (non-hydrogen) atoms. The Bertz CT molecular complexity index is 943. The standard InChI is InChI=1S/C24H28N4O.HI/c1-18-7-10-21(19(2)14-18)16-28-24(25-3)27-15-20-8-11-23(12-9-20)29-17-22-6-4-5-13-26-22;/h4-14H,15-17H2,1-3H3,(H2,25,27,28);1H. The van der Waals surface area contributed by atoms with Gasteiger partial charge in [-0.25, -0.2) is 0 Å². The molecule has 0 spiro atoms. The minimum Gasteiger partial charge on any atom is -0.487 e. The van der Waals surface area contributed by atoms with Crippen LogP contribution in [-0.4, -0.2) is 18.0 Å². The van der Waals surface area contributed by atoms with E-state index >= 15 is 0 Å². The van der Waals surface area contributed by atoms with Gasteiger partial charge in [-0.3, -0.25) is 9.98 Å². The number of nitrogens with one attached hydrogen (secondary N) is 2. The molecule has 0 saturated heterocycles. The lowest BCUT2D eigenvalue weighted by molar-refractivity contribution is 0.301. The second kappa shape index (κ2) is 12.2. The first kappa shape index (κ1) is 23.7. The zero-order chi connectivity index (χ0) is 20.5. The third kappa shape index (κ3) is 7.33. The quantitative estimate of drug-likeness (QED) is 0.270. The van der Waals surface area contributed by atoms with Crippen LogP contribution in [0.25, 0.3) is 0 Å². The Morgan fingerprint density at radius 3 is 2.40 bits per heavy atom. The van der Waals surface area contributed by atoms with Crippen molar-refractivity contribution >= 4 is 29.9 Å². The molecule has 0 radical (unpaired) electrons. The predicted molar refractivity (Wildman–Crippen MR) is 133 cm³/mol. The fourth-order valence-corrected chi connectivity index (χ4v) is 2.97. The maximum absolute atomic E-state index is 5.78. The number of rotatable bonds is 7. The monoisotopic (exact) mass is 516 g/mol. The minimum absolute atomic E-state index is 0. The molecule has 2 aromatic carbocycles. The third-order valence-corrected chi connectivity index (χ3v) is 4.66. The molecule has 6 heteroatoms. The van der Waals surface area contributed by atoms with E-state index in [9.17, 15) is 0 Å². The van der Waals surface area contributed by atoms with Crippen LogP contribution >= 0.6 is 24.0 Å². The van der Waals surface area contributed by atoms with E-state index < -0.39 is 0 Å². The Hall–Kier alpha value is -2.61. The van der Waals surface area contributed by atoms with Crippen LogP contribution in [0.15, 0.2) is 71.9 Å². The smallest absolute Gasteiger partial charge is 0.191 e. The number of aromatic nitrogens is 1. The van der Waals surface area contributed by atoms with Gasteiger partial charge >= 0.3 is 0 Å². The maximum atomic E-state index is 5.78. The fraction of sp³-hybridized carbons (Fsp3) is 0.250. The second-order valence-corrected chi connectivity index (χ2v) is 6.96. The zero-order valence-corrected chi connectivity index (χ0v) is 20.0. The van der Waals surface area contributed by atoms with Crippen LogP contribution in [0.1, 0.15) is 27.9 Å². The average molecular weight is 516 g/mol. The van der Waals surface area contributed by atoms with Crippen LogP contribution in [-0.2, 0) is 19.7 Å². The SMILES string of the molecule is CN=C(NCc1ccc(OCc2ccccn2)cc1)NCc1ccc(C)cc1C.I. The number of pyridine rings is 1. The van der Waals surface area contributed by atoms with E-state index in [1.54, 1.807) is 13.2 Å². The van der Waals surface area contributed by atoms with Crippen LogP contribution in [0, 0.1) is 13.8 Å². The number of aliphatic imine (C=N–C) groups is 1. The molecule has 0 aliphatic rings. The Balaban J connectivity index is 0.00000320. The van der Waals surface area contributed by atoms with Crippen molar-refractivity contribution in [2.45, 2.75) is 33.5 Å². The summed E-state index contributed by atoms with van der Waals surface area (Å²) in [5.41, 5.74) is 5.91. The largest absolute Gasteiger partial charge is 0.487 e. The molecule has 0 amide bonds. The number of benzene rings is 2. The summed E-state index contributed by atoms with van der Waals surface area (Å²) in [6.45, 7) is 6.14. The van der Waals surface area contributed by atoms with Gasteiger partial charge in [0, 0.05) is 26.3 Å². The molecular formula is C24H29IN4O. The van der Waals surface area contributed by atoms with Crippen molar-refractivity contribution in [3.05, 3.63) is 94.8 Å². The maximum Gasteiger partial charge on any atom is 0.191 e. The lowest BCUT2D eigenvalue weighted by atomic mass is 10.1. The summed E-state index contributed by atoms with van der Waals surface area (Å²) >= 11 is 0. The van der Waals surface area contributed by atoms with Crippen molar-refractivity contribution in [3.63, 3.8) is 0 Å². The highest BCUT2D eigenvalue weighted by Crippen LogP contribution is 2.14. The van der Waals surface area contributed by atoms with Gasteiger partial charge in [-0.15, -0.1) is 24.0 Å². The number of guanidine groups is 1. The van der Waals surface area contributed by atoms with Crippen molar-refractivity contribution in [1.29, 1.82) is 0 Å². The van der Waals surface area contributed by atoms with Crippen LogP contribution < -0.4 is 15.4 Å². The number of hydrogen-bond donors (Lipinski definition) is 2. The summed E-state index contributed by atoms with van der Waals surface area (Å²) in [7, 11) is 1.78. The Morgan fingerprint density at radius 2 is 1.73 bits per heavy atom. The van der Waals surface area contributed by atoms with Gasteiger partial charge in [0.15, 0.2) is 5.96 Å². The summed E-state index contributed by atoms with van der Waals surface area (Å²) < 4.78 is 5.78. The van der Waals surface area contributed by atoms with Crippen molar-refractivity contribution in [3.8, 4) is 5.75 Å². The van der Waals surface area contributed by atoms with E-state index in [0.29, 0.717) is 13.2 Å². The van der Waals surface area contributed by atoms with Crippen LogP contribution in [0.4, 0.5) is 0 Å². The topological polar surface area (TPSA) is 58.5 Å². The molecule has 5 nitrogen and oxygen atoms in total. The number of ether oxygens (including phenoxy) is 1. The first-order valence-electron chi connectivity index (χ1n) is 9.76. The Kier molecular flexibility index (Phi) is 9.60. The van der Waals surface area contributed by atoms with E-state index in [1.807, 2.05) is 30.3 Å². The van der Waals surface area contributed by atoms with E-state index in [4.69, 9.17) is 4.74 Å². The molecule has 0 saturated carbocycles. The molecule has 3 rings (SSSR count). The van der Waals surface area contributed by atoms with E-state index in [1.165, 1.54) is 16.7 Å². The van der Waals surface area contributed by atoms with Crippen molar-refractivity contribution in [2.75, 3.05) is 7.05 Å². The van der Waals surface area contributed by atoms with E-state index in [2.05, 4.69) is 64.8 Å². The van der Waals surface area contributed by atoms with Crippen molar-refractivity contribution in [1.82, 2.24) is 15.6 Å². The van der Waals surface area contributed by atoms with Crippen LogP contribution in [0.2, 0.25) is 0 Å². The van der Waals surface area contributed by atoms with Crippen LogP contribution in [0.5, 0.6) is 5.75 Å². The predicted octanol–water partition coefficient (Wildman–Crippen LogP) is 4.76. The van der Waals surface area contributed by atoms with Gasteiger partial charge in [0.2, 0.25) is 0 Å². The highest BCUT2D eigenvalue weighted by molar-refractivity contribution is 14.0. The molecule has 0 aliphatic carbocycles. The number of aryl methyl sites for hydroxylation is 2. The Morgan fingerprint density at radius 1 is 0.967 bits per heavy atom. The lowest BCUT2D eigenvalue weighted by Gasteiger charge is -2.14. The van der Waals surface area contributed by atoms with Crippen LogP contribution in [0.3, 0.4) is 0 Å². The summed E-state index contributed by atoms with van der Waals surface area (Å²) in [5.74, 6) is 1.61. The molecular weight excluding hydrogens is 487 g/mol. The molecule has 158 valence electrons. The molecule has 2 N–H and O–H groups in total. The fourth-order valence-electron chi connectivity index (χ4n) is 2.97. The zero-order valence-electron chi connectivity index (χ0n) is 17.7. The van der Waals surface area contributed by atoms with Crippen molar-refractivity contribution in [2.24, 2.45) is 4.99 Å². The highest BCUT2D eigenvalue weighted by Gasteiger charge is 2.03.